The van der Waals surface area contributed by atoms with E-state index in [1.165, 1.54) is 0 Å². The molecule has 0 heterocycles. The van der Waals surface area contributed by atoms with Crippen molar-refractivity contribution in [1.82, 2.24) is 5.32 Å². The summed E-state index contributed by atoms with van der Waals surface area (Å²) in [5.41, 5.74) is 0.125. The van der Waals surface area contributed by atoms with Gasteiger partial charge in [0.1, 0.15) is 0 Å². The summed E-state index contributed by atoms with van der Waals surface area (Å²) in [6, 6.07) is 0. The molecule has 3 heteroatoms. The van der Waals surface area contributed by atoms with E-state index in [-0.39, 0.29) is 5.60 Å². The summed E-state index contributed by atoms with van der Waals surface area (Å²) >= 11 is 0. The zero-order chi connectivity index (χ0) is 13.7. The quantitative estimate of drug-likeness (QED) is 0.755. The maximum Gasteiger partial charge on any atom is 0.0897 e. The van der Waals surface area contributed by atoms with Crippen LogP contribution >= 0.6 is 0 Å². The van der Waals surface area contributed by atoms with Gasteiger partial charge >= 0.3 is 0 Å². The molecule has 0 fully saturated rings. The predicted octanol–water partition coefficient (Wildman–Crippen LogP) is 2.43. The topological polar surface area (TPSA) is 41.5 Å². The average Bonchev–Trinajstić information content (AvgIpc) is 2.12. The second-order valence-electron chi connectivity index (χ2n) is 7.00. The van der Waals surface area contributed by atoms with Crippen molar-refractivity contribution in [2.24, 2.45) is 11.3 Å². The number of hydrogen-bond acceptors (Lipinski definition) is 3. The first-order valence-corrected chi connectivity index (χ1v) is 6.55. The van der Waals surface area contributed by atoms with Crippen LogP contribution < -0.4 is 5.32 Å². The van der Waals surface area contributed by atoms with Crippen molar-refractivity contribution >= 4 is 0 Å². The number of rotatable bonds is 6. The van der Waals surface area contributed by atoms with Gasteiger partial charge in [-0.1, -0.05) is 27.7 Å². The van der Waals surface area contributed by atoms with Crippen molar-refractivity contribution in [3.05, 3.63) is 0 Å². The van der Waals surface area contributed by atoms with E-state index in [9.17, 15) is 5.11 Å². The van der Waals surface area contributed by atoms with Gasteiger partial charge in [-0.05, 0) is 38.6 Å². The molecule has 104 valence electrons. The van der Waals surface area contributed by atoms with Crippen LogP contribution in [0.4, 0.5) is 0 Å². The van der Waals surface area contributed by atoms with Crippen molar-refractivity contribution in [3.63, 3.8) is 0 Å². The zero-order valence-corrected chi connectivity index (χ0v) is 12.6. The summed E-state index contributed by atoms with van der Waals surface area (Å²) in [6.45, 7) is 16.8. The van der Waals surface area contributed by atoms with E-state index in [0.717, 1.165) is 6.54 Å². The van der Waals surface area contributed by atoms with Gasteiger partial charge in [0, 0.05) is 6.54 Å². The molecule has 0 saturated carbocycles. The predicted molar refractivity (Wildman–Crippen MR) is 73.2 cm³/mol. The fraction of sp³-hybridized carbons (Fsp3) is 1.00. The molecule has 0 aromatic rings. The van der Waals surface area contributed by atoms with Crippen molar-refractivity contribution in [2.45, 2.75) is 60.2 Å². The molecule has 2 atom stereocenters. The van der Waals surface area contributed by atoms with Gasteiger partial charge in [0.05, 0.1) is 18.3 Å². The molecular weight excluding hydrogens is 214 g/mol. The SMILES string of the molecule is CC(CNCC(O)COC(C)(C)C)C(C)(C)C. The Kier molecular flexibility index (Phi) is 6.67. The molecule has 0 radical (unpaired) electrons. The molecule has 0 aliphatic rings. The molecule has 0 bridgehead atoms. The monoisotopic (exact) mass is 245 g/mol. The Morgan fingerprint density at radius 2 is 1.59 bits per heavy atom. The molecule has 3 nitrogen and oxygen atoms in total. The molecule has 2 unspecified atom stereocenters. The van der Waals surface area contributed by atoms with Gasteiger partial charge in [0.15, 0.2) is 0 Å². The highest BCUT2D eigenvalue weighted by Gasteiger charge is 2.20. The fourth-order valence-electron chi connectivity index (χ4n) is 1.18. The number of aliphatic hydroxyl groups excluding tert-OH is 1. The Labute approximate surface area is 107 Å². The third-order valence-electron chi connectivity index (χ3n) is 3.02. The largest absolute Gasteiger partial charge is 0.389 e. The van der Waals surface area contributed by atoms with Gasteiger partial charge in [-0.2, -0.15) is 0 Å². The highest BCUT2D eigenvalue weighted by atomic mass is 16.5. The van der Waals surface area contributed by atoms with Gasteiger partial charge < -0.3 is 15.2 Å². The molecule has 0 aromatic carbocycles. The van der Waals surface area contributed by atoms with Crippen LogP contribution in [0.5, 0.6) is 0 Å². The van der Waals surface area contributed by atoms with Crippen LogP contribution in [0.25, 0.3) is 0 Å². The Morgan fingerprint density at radius 3 is 2.00 bits per heavy atom. The van der Waals surface area contributed by atoms with E-state index in [1.807, 2.05) is 20.8 Å². The average molecular weight is 245 g/mol. The normalized spacial score (nSPS) is 16.9. The van der Waals surface area contributed by atoms with E-state index in [0.29, 0.717) is 24.5 Å². The lowest BCUT2D eigenvalue weighted by Gasteiger charge is -2.28. The molecule has 17 heavy (non-hydrogen) atoms. The van der Waals surface area contributed by atoms with Crippen LogP contribution in [0.2, 0.25) is 0 Å². The van der Waals surface area contributed by atoms with Crippen LogP contribution in [0.15, 0.2) is 0 Å². The lowest BCUT2D eigenvalue weighted by Crippen LogP contribution is -2.37. The van der Waals surface area contributed by atoms with Crippen LogP contribution in [-0.4, -0.2) is 36.5 Å². The van der Waals surface area contributed by atoms with Gasteiger partial charge in [0.2, 0.25) is 0 Å². The van der Waals surface area contributed by atoms with Crippen molar-refractivity contribution in [1.29, 1.82) is 0 Å². The summed E-state index contributed by atoms with van der Waals surface area (Å²) < 4.78 is 5.53. The maximum atomic E-state index is 9.74. The van der Waals surface area contributed by atoms with E-state index in [2.05, 4.69) is 33.0 Å². The van der Waals surface area contributed by atoms with E-state index < -0.39 is 6.10 Å². The zero-order valence-electron chi connectivity index (χ0n) is 12.6. The Bertz CT molecular complexity index is 203. The van der Waals surface area contributed by atoms with Crippen molar-refractivity contribution in [3.8, 4) is 0 Å². The maximum absolute atomic E-state index is 9.74. The Morgan fingerprint density at radius 1 is 1.06 bits per heavy atom. The molecular formula is C14H31NO2. The van der Waals surface area contributed by atoms with Crippen LogP contribution in [0.1, 0.15) is 48.5 Å². The molecule has 0 rings (SSSR count). The second-order valence-corrected chi connectivity index (χ2v) is 7.00. The first-order valence-electron chi connectivity index (χ1n) is 6.55. The molecule has 0 saturated heterocycles. The molecule has 0 aliphatic carbocycles. The third-order valence-corrected chi connectivity index (χ3v) is 3.02. The summed E-state index contributed by atoms with van der Waals surface area (Å²) in [5, 5.41) is 13.0. The van der Waals surface area contributed by atoms with Gasteiger partial charge in [-0.3, -0.25) is 0 Å². The lowest BCUT2D eigenvalue weighted by molar-refractivity contribution is -0.0481. The number of hydrogen-bond donors (Lipinski definition) is 2. The van der Waals surface area contributed by atoms with Crippen molar-refractivity contribution < 1.29 is 9.84 Å². The molecule has 0 spiro atoms. The lowest BCUT2D eigenvalue weighted by atomic mass is 9.82. The fourth-order valence-corrected chi connectivity index (χ4v) is 1.18. The summed E-state index contributed by atoms with van der Waals surface area (Å²) in [5.74, 6) is 0.582. The highest BCUT2D eigenvalue weighted by Crippen LogP contribution is 2.24. The Balaban J connectivity index is 3.69. The molecule has 0 aliphatic heterocycles. The van der Waals surface area contributed by atoms with E-state index in [4.69, 9.17) is 4.74 Å². The number of ether oxygens (including phenoxy) is 1. The van der Waals surface area contributed by atoms with Crippen LogP contribution in [-0.2, 0) is 4.74 Å². The first-order chi connectivity index (χ1) is 7.52. The number of aliphatic hydroxyl groups is 1. The van der Waals surface area contributed by atoms with Crippen molar-refractivity contribution in [2.75, 3.05) is 19.7 Å². The van der Waals surface area contributed by atoms with E-state index in [1.54, 1.807) is 0 Å². The molecule has 2 N–H and O–H groups in total. The second kappa shape index (κ2) is 6.72. The number of nitrogens with one attached hydrogen (secondary N) is 1. The smallest absolute Gasteiger partial charge is 0.0897 e. The highest BCUT2D eigenvalue weighted by molar-refractivity contribution is 4.73. The van der Waals surface area contributed by atoms with Crippen LogP contribution in [0.3, 0.4) is 0 Å². The summed E-state index contributed by atoms with van der Waals surface area (Å²) in [4.78, 5) is 0. The van der Waals surface area contributed by atoms with E-state index >= 15 is 0 Å². The van der Waals surface area contributed by atoms with Gasteiger partial charge in [-0.15, -0.1) is 0 Å². The standard InChI is InChI=1S/C14H31NO2/c1-11(13(2,3)4)8-15-9-12(16)10-17-14(5,6)7/h11-12,15-16H,8-10H2,1-7H3. The van der Waals surface area contributed by atoms with Crippen LogP contribution in [0, 0.1) is 11.3 Å². The van der Waals surface area contributed by atoms with Gasteiger partial charge in [-0.25, -0.2) is 0 Å². The minimum absolute atomic E-state index is 0.181. The summed E-state index contributed by atoms with van der Waals surface area (Å²) in [6.07, 6.45) is -0.429. The minimum atomic E-state index is -0.429. The molecule has 0 amide bonds. The third kappa shape index (κ3) is 9.57. The first kappa shape index (κ1) is 16.9. The Hall–Kier alpha value is -0.120. The molecule has 0 aromatic heterocycles. The minimum Gasteiger partial charge on any atom is -0.389 e. The van der Waals surface area contributed by atoms with Gasteiger partial charge in [0.25, 0.3) is 0 Å². The summed E-state index contributed by atoms with van der Waals surface area (Å²) in [7, 11) is 0.